The maximum Gasteiger partial charge on any atom is 0.280 e. The summed E-state index contributed by atoms with van der Waals surface area (Å²) < 4.78 is 0.905. The van der Waals surface area contributed by atoms with Gasteiger partial charge in [0.15, 0.2) is 10.8 Å². The Labute approximate surface area is 129 Å². The first-order chi connectivity index (χ1) is 10.1. The summed E-state index contributed by atoms with van der Waals surface area (Å²) in [5, 5.41) is 10.5. The predicted octanol–water partition coefficient (Wildman–Crippen LogP) is 3.07. The number of aromatic amines is 1. The van der Waals surface area contributed by atoms with Gasteiger partial charge in [0.1, 0.15) is 0 Å². The maximum atomic E-state index is 12.2. The van der Waals surface area contributed by atoms with Gasteiger partial charge < -0.3 is 5.73 Å². The number of amides is 1. The van der Waals surface area contributed by atoms with E-state index in [-0.39, 0.29) is 11.6 Å². The molecular formula is C13H12ClN5OS. The highest BCUT2D eigenvalue weighted by Crippen LogP contribution is 2.28. The first-order valence-electron chi connectivity index (χ1n) is 6.28. The minimum absolute atomic E-state index is 0.184. The molecule has 0 fully saturated rings. The molecule has 108 valence electrons. The number of anilines is 2. The van der Waals surface area contributed by atoms with Crippen LogP contribution in [0.1, 0.15) is 23.1 Å². The third-order valence-electron chi connectivity index (χ3n) is 3.02. The zero-order valence-corrected chi connectivity index (χ0v) is 12.7. The lowest BCUT2D eigenvalue weighted by atomic mass is 10.2. The van der Waals surface area contributed by atoms with Crippen LogP contribution in [-0.2, 0) is 6.42 Å². The van der Waals surface area contributed by atoms with Crippen molar-refractivity contribution in [3.8, 4) is 0 Å². The number of rotatable bonds is 3. The molecule has 2 heterocycles. The van der Waals surface area contributed by atoms with Crippen molar-refractivity contribution in [2.45, 2.75) is 13.3 Å². The van der Waals surface area contributed by atoms with Crippen LogP contribution in [0.15, 0.2) is 18.2 Å². The fraction of sp³-hybridized carbons (Fsp3) is 0.154. The van der Waals surface area contributed by atoms with Gasteiger partial charge in [0.25, 0.3) is 5.91 Å². The van der Waals surface area contributed by atoms with Gasteiger partial charge in [-0.1, -0.05) is 29.9 Å². The van der Waals surface area contributed by atoms with E-state index in [0.717, 1.165) is 15.9 Å². The van der Waals surface area contributed by atoms with Crippen molar-refractivity contribution in [3.05, 3.63) is 34.6 Å². The molecule has 1 aromatic carbocycles. The highest BCUT2D eigenvalue weighted by Gasteiger charge is 2.18. The van der Waals surface area contributed by atoms with Crippen LogP contribution >= 0.6 is 22.9 Å². The number of nitrogens with two attached hydrogens (primary N) is 1. The van der Waals surface area contributed by atoms with Gasteiger partial charge in [-0.15, -0.1) is 0 Å². The third-order valence-corrected chi connectivity index (χ3v) is 4.19. The Hall–Kier alpha value is -2.12. The standard InChI is InChI=1S/C13H12ClN5OS/c1-2-7-10(15)11(19-18-7)12(20)17-13-16-8-4-3-6(14)5-9(8)21-13/h3-5H,2,15H2,1H3,(H,18,19)(H,16,17,20). The first kappa shape index (κ1) is 13.8. The number of thiazole rings is 1. The third kappa shape index (κ3) is 2.57. The van der Waals surface area contributed by atoms with E-state index in [1.54, 1.807) is 6.07 Å². The molecular weight excluding hydrogens is 310 g/mol. The van der Waals surface area contributed by atoms with Gasteiger partial charge in [0.05, 0.1) is 21.6 Å². The summed E-state index contributed by atoms with van der Waals surface area (Å²) in [6.45, 7) is 1.93. The van der Waals surface area contributed by atoms with Crippen LogP contribution in [-0.4, -0.2) is 21.1 Å². The number of benzene rings is 1. The summed E-state index contributed by atoms with van der Waals surface area (Å²) in [5.74, 6) is -0.381. The van der Waals surface area contributed by atoms with E-state index in [1.165, 1.54) is 11.3 Å². The molecule has 1 amide bonds. The van der Waals surface area contributed by atoms with Crippen molar-refractivity contribution in [2.75, 3.05) is 11.1 Å². The van der Waals surface area contributed by atoms with Gasteiger partial charge in [-0.3, -0.25) is 15.2 Å². The second-order valence-corrected chi connectivity index (χ2v) is 5.87. The lowest BCUT2D eigenvalue weighted by Gasteiger charge is -1.99. The van der Waals surface area contributed by atoms with Gasteiger partial charge in [0, 0.05) is 5.02 Å². The molecule has 3 aromatic rings. The van der Waals surface area contributed by atoms with Gasteiger partial charge in [-0.25, -0.2) is 4.98 Å². The number of hydrogen-bond donors (Lipinski definition) is 3. The van der Waals surface area contributed by atoms with Crippen molar-refractivity contribution in [3.63, 3.8) is 0 Å². The SMILES string of the molecule is CCc1[nH]nc(C(=O)Nc2nc3ccc(Cl)cc3s2)c1N. The topological polar surface area (TPSA) is 96.7 Å². The molecule has 0 saturated carbocycles. The van der Waals surface area contributed by atoms with E-state index in [1.807, 2.05) is 19.1 Å². The summed E-state index contributed by atoms with van der Waals surface area (Å²) in [5.41, 5.74) is 7.96. The lowest BCUT2D eigenvalue weighted by Crippen LogP contribution is -2.14. The molecule has 2 aromatic heterocycles. The molecule has 8 heteroatoms. The molecule has 6 nitrogen and oxygen atoms in total. The molecule has 0 atom stereocenters. The second-order valence-electron chi connectivity index (χ2n) is 4.40. The van der Waals surface area contributed by atoms with Crippen LogP contribution in [0.3, 0.4) is 0 Å². The molecule has 0 saturated heterocycles. The number of nitrogens with one attached hydrogen (secondary N) is 2. The van der Waals surface area contributed by atoms with Crippen LogP contribution in [0.4, 0.5) is 10.8 Å². The minimum Gasteiger partial charge on any atom is -0.395 e. The first-order valence-corrected chi connectivity index (χ1v) is 7.48. The molecule has 0 unspecified atom stereocenters. The average molecular weight is 322 g/mol. The number of carbonyl (C=O) groups excluding carboxylic acids is 1. The number of aryl methyl sites for hydroxylation is 1. The molecule has 0 aliphatic rings. The summed E-state index contributed by atoms with van der Waals surface area (Å²) in [4.78, 5) is 16.5. The Kier molecular flexibility index (Phi) is 3.52. The van der Waals surface area contributed by atoms with Crippen LogP contribution < -0.4 is 11.1 Å². The summed E-state index contributed by atoms with van der Waals surface area (Å²) in [6.07, 6.45) is 0.686. The zero-order chi connectivity index (χ0) is 15.0. The van der Waals surface area contributed by atoms with Crippen LogP contribution in [0, 0.1) is 0 Å². The molecule has 0 radical (unpaired) electrons. The van der Waals surface area contributed by atoms with Gasteiger partial charge in [0.2, 0.25) is 0 Å². The number of nitrogen functional groups attached to an aromatic ring is 1. The van der Waals surface area contributed by atoms with Crippen LogP contribution in [0.2, 0.25) is 5.02 Å². The van der Waals surface area contributed by atoms with Crippen LogP contribution in [0.5, 0.6) is 0 Å². The van der Waals surface area contributed by atoms with Crippen molar-refractivity contribution in [1.82, 2.24) is 15.2 Å². The highest BCUT2D eigenvalue weighted by atomic mass is 35.5. The largest absolute Gasteiger partial charge is 0.395 e. The monoisotopic (exact) mass is 321 g/mol. The molecule has 0 spiro atoms. The normalized spacial score (nSPS) is 11.0. The maximum absolute atomic E-state index is 12.2. The number of nitrogens with zero attached hydrogens (tertiary/aromatic N) is 2. The van der Waals surface area contributed by atoms with Crippen molar-refractivity contribution >= 4 is 49.9 Å². The van der Waals surface area contributed by atoms with Crippen LogP contribution in [0.25, 0.3) is 10.2 Å². The Balaban J connectivity index is 1.87. The quantitative estimate of drug-likeness (QED) is 0.690. The predicted molar refractivity (Wildman–Crippen MR) is 85.0 cm³/mol. The Morgan fingerprint density at radius 3 is 3.05 bits per heavy atom. The van der Waals surface area contributed by atoms with E-state index in [0.29, 0.717) is 22.3 Å². The van der Waals surface area contributed by atoms with Crippen molar-refractivity contribution in [2.24, 2.45) is 0 Å². The van der Waals surface area contributed by atoms with Crippen molar-refractivity contribution in [1.29, 1.82) is 0 Å². The van der Waals surface area contributed by atoms with Gasteiger partial charge in [-0.2, -0.15) is 5.10 Å². The van der Waals surface area contributed by atoms with E-state index in [2.05, 4.69) is 20.5 Å². The summed E-state index contributed by atoms with van der Waals surface area (Å²) >= 11 is 7.28. The molecule has 3 rings (SSSR count). The average Bonchev–Trinajstić information content (AvgIpc) is 3.00. The fourth-order valence-corrected chi connectivity index (χ4v) is 3.07. The Morgan fingerprint density at radius 1 is 1.52 bits per heavy atom. The molecule has 21 heavy (non-hydrogen) atoms. The van der Waals surface area contributed by atoms with E-state index >= 15 is 0 Å². The Morgan fingerprint density at radius 2 is 2.33 bits per heavy atom. The minimum atomic E-state index is -0.381. The number of aromatic nitrogens is 3. The summed E-state index contributed by atoms with van der Waals surface area (Å²) in [7, 11) is 0. The van der Waals surface area contributed by atoms with E-state index in [4.69, 9.17) is 17.3 Å². The van der Waals surface area contributed by atoms with E-state index in [9.17, 15) is 4.79 Å². The smallest absolute Gasteiger partial charge is 0.280 e. The van der Waals surface area contributed by atoms with E-state index < -0.39 is 0 Å². The number of carbonyl (C=O) groups is 1. The summed E-state index contributed by atoms with van der Waals surface area (Å²) in [6, 6.07) is 5.37. The van der Waals surface area contributed by atoms with Gasteiger partial charge in [-0.05, 0) is 24.6 Å². The number of fused-ring (bicyclic) bond motifs is 1. The molecule has 4 N–H and O–H groups in total. The Bertz CT molecular complexity index is 825. The van der Waals surface area contributed by atoms with Crippen molar-refractivity contribution < 1.29 is 4.79 Å². The molecule has 0 bridgehead atoms. The molecule has 0 aliphatic carbocycles. The van der Waals surface area contributed by atoms with Gasteiger partial charge >= 0.3 is 0 Å². The fourth-order valence-electron chi connectivity index (χ4n) is 1.94. The number of halogens is 1. The second kappa shape index (κ2) is 5.34. The number of hydrogen-bond acceptors (Lipinski definition) is 5. The lowest BCUT2D eigenvalue weighted by molar-refractivity contribution is 0.102. The zero-order valence-electron chi connectivity index (χ0n) is 11.1. The number of H-pyrrole nitrogens is 1. The highest BCUT2D eigenvalue weighted by molar-refractivity contribution is 7.22. The molecule has 0 aliphatic heterocycles.